The Labute approximate surface area is 150 Å². The molecule has 1 saturated heterocycles. The molecule has 0 radical (unpaired) electrons. The van der Waals surface area contributed by atoms with Crippen molar-refractivity contribution in [1.82, 2.24) is 4.90 Å². The fraction of sp³-hybridized carbons (Fsp3) is 0.588. The molecular formula is C17H21ClF4N2O. The molecule has 0 bridgehead atoms. The summed E-state index contributed by atoms with van der Waals surface area (Å²) in [6.07, 6.45) is -0.456. The Bertz CT molecular complexity index is 634. The van der Waals surface area contributed by atoms with E-state index >= 15 is 0 Å². The number of benzene rings is 1. The second-order valence-corrected chi connectivity index (χ2v) is 6.67. The number of nitrogens with zero attached hydrogens (tertiary/aromatic N) is 1. The summed E-state index contributed by atoms with van der Waals surface area (Å²) in [6.45, 7) is 0.606. The van der Waals surface area contributed by atoms with Gasteiger partial charge in [0, 0.05) is 11.6 Å². The van der Waals surface area contributed by atoms with Gasteiger partial charge < -0.3 is 5.73 Å². The maximum Gasteiger partial charge on any atom is 0.416 e. The first-order valence-corrected chi connectivity index (χ1v) is 8.20. The van der Waals surface area contributed by atoms with Crippen LogP contribution in [0.15, 0.2) is 18.2 Å². The molecule has 1 aromatic rings. The number of carbonyl (C=O) groups excluding carboxylic acids is 1. The van der Waals surface area contributed by atoms with Gasteiger partial charge in [-0.15, -0.1) is 12.4 Å². The third-order valence-corrected chi connectivity index (χ3v) is 4.94. The molecule has 1 unspecified atom stereocenters. The van der Waals surface area contributed by atoms with Gasteiger partial charge in [0.2, 0.25) is 5.91 Å². The van der Waals surface area contributed by atoms with Crippen LogP contribution in [0.1, 0.15) is 49.3 Å². The molecule has 1 aromatic carbocycles. The highest BCUT2D eigenvalue weighted by Crippen LogP contribution is 2.47. The zero-order valence-corrected chi connectivity index (χ0v) is 14.4. The van der Waals surface area contributed by atoms with E-state index in [1.165, 1.54) is 6.07 Å². The van der Waals surface area contributed by atoms with Crippen LogP contribution in [-0.4, -0.2) is 23.4 Å². The average molecular weight is 381 g/mol. The van der Waals surface area contributed by atoms with Gasteiger partial charge in [-0.05, 0) is 50.3 Å². The predicted molar refractivity (Wildman–Crippen MR) is 87.7 cm³/mol. The molecule has 0 spiro atoms. The number of nitrogens with two attached hydrogens (primary N) is 1. The Morgan fingerprint density at radius 2 is 1.88 bits per heavy atom. The zero-order valence-electron chi connectivity index (χ0n) is 13.6. The number of amides is 1. The van der Waals surface area contributed by atoms with Gasteiger partial charge in [-0.25, -0.2) is 4.39 Å². The lowest BCUT2D eigenvalue weighted by atomic mass is 9.92. The Morgan fingerprint density at radius 1 is 1.20 bits per heavy atom. The van der Waals surface area contributed by atoms with Gasteiger partial charge in [0.25, 0.3) is 0 Å². The molecule has 3 nitrogen and oxygen atoms in total. The normalized spacial score (nSPS) is 23.0. The van der Waals surface area contributed by atoms with Gasteiger partial charge in [-0.2, -0.15) is 13.2 Å². The third kappa shape index (κ3) is 4.26. The Morgan fingerprint density at radius 3 is 2.40 bits per heavy atom. The van der Waals surface area contributed by atoms with Crippen LogP contribution in [0, 0.1) is 11.7 Å². The number of alkyl halides is 3. The van der Waals surface area contributed by atoms with Gasteiger partial charge in [0.15, 0.2) is 0 Å². The second kappa shape index (κ2) is 7.50. The molecule has 1 aliphatic carbocycles. The minimum absolute atomic E-state index is 0. The number of likely N-dealkylation sites (tertiary alicyclic amines) is 1. The van der Waals surface area contributed by atoms with E-state index in [4.69, 9.17) is 5.73 Å². The van der Waals surface area contributed by atoms with Gasteiger partial charge >= 0.3 is 6.18 Å². The molecule has 1 saturated carbocycles. The lowest BCUT2D eigenvalue weighted by Gasteiger charge is -2.40. The molecule has 2 atom stereocenters. The van der Waals surface area contributed by atoms with Crippen LogP contribution in [0.4, 0.5) is 17.6 Å². The van der Waals surface area contributed by atoms with Gasteiger partial charge in [-0.3, -0.25) is 9.69 Å². The standard InChI is InChI=1S/C17H20F4N2O.ClH/c18-13-9-11(17(19,20)21)6-7-12(13)15(10-4-5-10)23-8-2-1-3-14(23)16(22)24;/h6-7,9-10,14-15H,1-5,8H2,(H2,22,24);1H/t14?,15-;/m1./s1. The number of halogens is 5. The van der Waals surface area contributed by atoms with E-state index in [-0.39, 0.29) is 29.9 Å². The summed E-state index contributed by atoms with van der Waals surface area (Å²) in [7, 11) is 0. The van der Waals surface area contributed by atoms with E-state index in [0.717, 1.165) is 31.7 Å². The average Bonchev–Trinajstić information content (AvgIpc) is 3.33. The molecule has 0 aromatic heterocycles. The molecule has 2 aliphatic rings. The highest BCUT2D eigenvalue weighted by atomic mass is 35.5. The second-order valence-electron chi connectivity index (χ2n) is 6.67. The Balaban J connectivity index is 0.00000225. The topological polar surface area (TPSA) is 46.3 Å². The minimum atomic E-state index is -4.57. The molecule has 1 aliphatic heterocycles. The van der Waals surface area contributed by atoms with Crippen molar-refractivity contribution in [2.24, 2.45) is 11.7 Å². The molecular weight excluding hydrogens is 360 g/mol. The van der Waals surface area contributed by atoms with E-state index in [2.05, 4.69) is 0 Å². The largest absolute Gasteiger partial charge is 0.416 e. The number of primary amides is 1. The van der Waals surface area contributed by atoms with E-state index in [9.17, 15) is 22.4 Å². The molecule has 2 fully saturated rings. The molecule has 1 heterocycles. The van der Waals surface area contributed by atoms with Gasteiger partial charge in [0.05, 0.1) is 11.6 Å². The lowest BCUT2D eigenvalue weighted by Crippen LogP contribution is -2.49. The minimum Gasteiger partial charge on any atom is -0.368 e. The van der Waals surface area contributed by atoms with E-state index in [1.807, 2.05) is 4.90 Å². The van der Waals surface area contributed by atoms with Crippen molar-refractivity contribution in [1.29, 1.82) is 0 Å². The highest BCUT2D eigenvalue weighted by Gasteiger charge is 2.43. The first-order valence-electron chi connectivity index (χ1n) is 8.20. The monoisotopic (exact) mass is 380 g/mol. The molecule has 1 amide bonds. The molecule has 140 valence electrons. The van der Waals surface area contributed by atoms with Crippen molar-refractivity contribution in [3.63, 3.8) is 0 Å². The van der Waals surface area contributed by atoms with Crippen molar-refractivity contribution in [3.05, 3.63) is 35.1 Å². The van der Waals surface area contributed by atoms with Gasteiger partial charge in [-0.1, -0.05) is 12.5 Å². The van der Waals surface area contributed by atoms with Crippen LogP contribution in [-0.2, 0) is 11.0 Å². The van der Waals surface area contributed by atoms with Crippen molar-refractivity contribution >= 4 is 18.3 Å². The SMILES string of the molecule is Cl.NC(=O)C1CCCCN1[C@@H](c1ccc(C(F)(F)F)cc1F)C1CC1. The quantitative estimate of drug-likeness (QED) is 0.801. The molecule has 25 heavy (non-hydrogen) atoms. The predicted octanol–water partition coefficient (Wildman–Crippen LogP) is 4.06. The van der Waals surface area contributed by atoms with Crippen molar-refractivity contribution in [2.75, 3.05) is 6.54 Å². The Hall–Kier alpha value is -1.34. The summed E-state index contributed by atoms with van der Waals surface area (Å²) in [5, 5.41) is 0. The summed E-state index contributed by atoms with van der Waals surface area (Å²) in [5.74, 6) is -1.15. The van der Waals surface area contributed by atoms with Crippen LogP contribution in [0.2, 0.25) is 0 Å². The van der Waals surface area contributed by atoms with E-state index in [1.54, 1.807) is 0 Å². The van der Waals surface area contributed by atoms with Crippen LogP contribution >= 0.6 is 12.4 Å². The molecule has 3 rings (SSSR count). The summed E-state index contributed by atoms with van der Waals surface area (Å²) in [6, 6.07) is 1.81. The number of hydrogen-bond acceptors (Lipinski definition) is 2. The van der Waals surface area contributed by atoms with Crippen LogP contribution < -0.4 is 5.73 Å². The fourth-order valence-electron chi connectivity index (χ4n) is 3.65. The number of carbonyl (C=O) groups is 1. The number of rotatable bonds is 4. The maximum absolute atomic E-state index is 14.5. The third-order valence-electron chi connectivity index (χ3n) is 4.94. The molecule has 8 heteroatoms. The summed E-state index contributed by atoms with van der Waals surface area (Å²) < 4.78 is 52.7. The number of hydrogen-bond donors (Lipinski definition) is 1. The summed E-state index contributed by atoms with van der Waals surface area (Å²) in [4.78, 5) is 13.7. The Kier molecular flexibility index (Phi) is 5.99. The van der Waals surface area contributed by atoms with Crippen LogP contribution in [0.3, 0.4) is 0 Å². The van der Waals surface area contributed by atoms with E-state index in [0.29, 0.717) is 19.0 Å². The highest BCUT2D eigenvalue weighted by molar-refractivity contribution is 5.85. The van der Waals surface area contributed by atoms with Crippen molar-refractivity contribution < 1.29 is 22.4 Å². The smallest absolute Gasteiger partial charge is 0.368 e. The van der Waals surface area contributed by atoms with Crippen LogP contribution in [0.25, 0.3) is 0 Å². The molecule has 2 N–H and O–H groups in total. The maximum atomic E-state index is 14.5. The van der Waals surface area contributed by atoms with Crippen LogP contribution in [0.5, 0.6) is 0 Å². The van der Waals surface area contributed by atoms with Crippen molar-refractivity contribution in [3.8, 4) is 0 Å². The van der Waals surface area contributed by atoms with Crippen molar-refractivity contribution in [2.45, 2.75) is 50.4 Å². The lowest BCUT2D eigenvalue weighted by molar-refractivity contribution is -0.137. The van der Waals surface area contributed by atoms with E-state index < -0.39 is 29.5 Å². The van der Waals surface area contributed by atoms with Gasteiger partial charge in [0.1, 0.15) is 5.82 Å². The summed E-state index contributed by atoms with van der Waals surface area (Å²) >= 11 is 0. The first-order chi connectivity index (χ1) is 11.3. The zero-order chi connectivity index (χ0) is 17.5. The fourth-order valence-corrected chi connectivity index (χ4v) is 3.65. The summed E-state index contributed by atoms with van der Waals surface area (Å²) in [5.41, 5.74) is 4.73. The first kappa shape index (κ1) is 20.0. The number of piperidine rings is 1.